The van der Waals surface area contributed by atoms with Crippen LogP contribution in [0.2, 0.25) is 0 Å². The van der Waals surface area contributed by atoms with Crippen LogP contribution >= 0.6 is 0 Å². The number of hydrogen-bond donors (Lipinski definition) is 0. The minimum atomic E-state index is 1.09. The molecule has 0 aliphatic heterocycles. The monoisotopic (exact) mass is 185 g/mol. The van der Waals surface area contributed by atoms with Gasteiger partial charge in [-0.15, -0.1) is 0 Å². The summed E-state index contributed by atoms with van der Waals surface area (Å²) in [6.45, 7) is 5.77. The molecule has 0 heterocycles. The molecule has 1 aromatic carbocycles. The standard InChI is InChI=1S/C13H15N/c1-4-5-13(10-14-3)12-8-6-11(2)7-9-12/h4-10H,1H2,2-3H3/b13-5+,14-10-. The molecule has 0 amide bonds. The Morgan fingerprint density at radius 1 is 1.29 bits per heavy atom. The normalized spacial score (nSPS) is 12.0. The van der Waals surface area contributed by atoms with Crippen molar-refractivity contribution in [2.75, 3.05) is 7.05 Å². The highest BCUT2D eigenvalue weighted by Crippen LogP contribution is 2.13. The van der Waals surface area contributed by atoms with E-state index in [-0.39, 0.29) is 0 Å². The van der Waals surface area contributed by atoms with Crippen LogP contribution in [0.15, 0.2) is 48.0 Å². The van der Waals surface area contributed by atoms with Crippen molar-refractivity contribution < 1.29 is 0 Å². The summed E-state index contributed by atoms with van der Waals surface area (Å²) in [5.41, 5.74) is 3.52. The SMILES string of the molecule is C=C/C=C(\C=N/C)c1ccc(C)cc1. The fourth-order valence-electron chi connectivity index (χ4n) is 1.23. The Kier molecular flexibility index (Phi) is 3.86. The molecule has 72 valence electrons. The smallest absolute Gasteiger partial charge is 0.0287 e. The molecule has 0 bridgehead atoms. The lowest BCUT2D eigenvalue weighted by Crippen LogP contribution is -1.85. The van der Waals surface area contributed by atoms with E-state index >= 15 is 0 Å². The number of nitrogens with zero attached hydrogens (tertiary/aromatic N) is 1. The largest absolute Gasteiger partial charge is 0.296 e. The Morgan fingerprint density at radius 3 is 2.43 bits per heavy atom. The lowest BCUT2D eigenvalue weighted by atomic mass is 10.1. The predicted octanol–water partition coefficient (Wildman–Crippen LogP) is 3.27. The number of benzene rings is 1. The first-order valence-electron chi connectivity index (χ1n) is 4.60. The van der Waals surface area contributed by atoms with Crippen molar-refractivity contribution in [1.82, 2.24) is 0 Å². The van der Waals surface area contributed by atoms with E-state index < -0.39 is 0 Å². The number of rotatable bonds is 3. The van der Waals surface area contributed by atoms with Crippen molar-refractivity contribution in [3.63, 3.8) is 0 Å². The summed E-state index contributed by atoms with van der Waals surface area (Å²) in [4.78, 5) is 4.01. The third-order valence-electron chi connectivity index (χ3n) is 1.95. The maximum atomic E-state index is 4.01. The summed E-state index contributed by atoms with van der Waals surface area (Å²) in [6, 6.07) is 8.37. The molecule has 1 nitrogen and oxygen atoms in total. The van der Waals surface area contributed by atoms with Gasteiger partial charge in [-0.2, -0.15) is 0 Å². The van der Waals surface area contributed by atoms with Gasteiger partial charge in [0.2, 0.25) is 0 Å². The van der Waals surface area contributed by atoms with E-state index in [9.17, 15) is 0 Å². The second kappa shape index (κ2) is 5.18. The summed E-state index contributed by atoms with van der Waals surface area (Å²) in [5.74, 6) is 0. The van der Waals surface area contributed by atoms with Crippen LogP contribution < -0.4 is 0 Å². The molecule has 0 spiro atoms. The second-order valence-corrected chi connectivity index (χ2v) is 3.11. The zero-order valence-corrected chi connectivity index (χ0v) is 8.70. The molecule has 14 heavy (non-hydrogen) atoms. The van der Waals surface area contributed by atoms with Crippen LogP contribution in [0.3, 0.4) is 0 Å². The topological polar surface area (TPSA) is 12.4 Å². The summed E-state index contributed by atoms with van der Waals surface area (Å²) < 4.78 is 0. The van der Waals surface area contributed by atoms with Crippen LogP contribution in [0.5, 0.6) is 0 Å². The van der Waals surface area contributed by atoms with Gasteiger partial charge >= 0.3 is 0 Å². The van der Waals surface area contributed by atoms with Crippen LogP contribution in [-0.4, -0.2) is 13.3 Å². The van der Waals surface area contributed by atoms with Gasteiger partial charge in [0.05, 0.1) is 0 Å². The molecule has 0 radical (unpaired) electrons. The van der Waals surface area contributed by atoms with Gasteiger partial charge < -0.3 is 0 Å². The Balaban J connectivity index is 3.05. The summed E-state index contributed by atoms with van der Waals surface area (Å²) >= 11 is 0. The van der Waals surface area contributed by atoms with Crippen molar-refractivity contribution >= 4 is 11.8 Å². The lowest BCUT2D eigenvalue weighted by molar-refractivity contribution is 1.45. The third-order valence-corrected chi connectivity index (χ3v) is 1.95. The van der Waals surface area contributed by atoms with E-state index in [1.54, 1.807) is 13.1 Å². The average molecular weight is 185 g/mol. The molecule has 0 aliphatic carbocycles. The Hall–Kier alpha value is -1.63. The molecule has 0 aromatic heterocycles. The van der Waals surface area contributed by atoms with E-state index in [4.69, 9.17) is 0 Å². The molecule has 0 saturated carbocycles. The Bertz CT molecular complexity index is 355. The van der Waals surface area contributed by atoms with E-state index in [0.717, 1.165) is 5.57 Å². The van der Waals surface area contributed by atoms with E-state index in [2.05, 4.69) is 42.8 Å². The van der Waals surface area contributed by atoms with Crippen LogP contribution in [0.4, 0.5) is 0 Å². The zero-order chi connectivity index (χ0) is 10.4. The fraction of sp³-hybridized carbons (Fsp3) is 0.154. The highest BCUT2D eigenvalue weighted by Gasteiger charge is 1.95. The highest BCUT2D eigenvalue weighted by atomic mass is 14.6. The van der Waals surface area contributed by atoms with E-state index in [0.29, 0.717) is 0 Å². The number of allylic oxidation sites excluding steroid dienone is 3. The predicted molar refractivity (Wildman–Crippen MR) is 63.8 cm³/mol. The Labute approximate surface area is 85.5 Å². The summed E-state index contributed by atoms with van der Waals surface area (Å²) in [5, 5.41) is 0. The molecule has 0 aliphatic rings. The molecule has 0 atom stereocenters. The quantitative estimate of drug-likeness (QED) is 0.506. The number of hydrogen-bond acceptors (Lipinski definition) is 1. The summed E-state index contributed by atoms with van der Waals surface area (Å²) in [6.07, 6.45) is 5.57. The van der Waals surface area contributed by atoms with Crippen molar-refractivity contribution in [1.29, 1.82) is 0 Å². The van der Waals surface area contributed by atoms with Crippen LogP contribution in [0, 0.1) is 6.92 Å². The molecule has 1 aromatic rings. The maximum Gasteiger partial charge on any atom is 0.0287 e. The third kappa shape index (κ3) is 2.70. The summed E-state index contributed by atoms with van der Waals surface area (Å²) in [7, 11) is 1.77. The van der Waals surface area contributed by atoms with E-state index in [1.165, 1.54) is 11.1 Å². The van der Waals surface area contributed by atoms with Gasteiger partial charge in [0.1, 0.15) is 0 Å². The van der Waals surface area contributed by atoms with Gasteiger partial charge in [0.25, 0.3) is 0 Å². The van der Waals surface area contributed by atoms with Gasteiger partial charge in [-0.05, 0) is 18.1 Å². The van der Waals surface area contributed by atoms with Crippen molar-refractivity contribution in [3.8, 4) is 0 Å². The molecule has 0 saturated heterocycles. The van der Waals surface area contributed by atoms with Crippen molar-refractivity contribution in [3.05, 3.63) is 54.1 Å². The van der Waals surface area contributed by atoms with Crippen LogP contribution in [0.25, 0.3) is 5.57 Å². The minimum absolute atomic E-state index is 1.09. The van der Waals surface area contributed by atoms with Crippen molar-refractivity contribution in [2.45, 2.75) is 6.92 Å². The van der Waals surface area contributed by atoms with Crippen LogP contribution in [0.1, 0.15) is 11.1 Å². The van der Waals surface area contributed by atoms with Gasteiger partial charge in [-0.1, -0.05) is 48.6 Å². The lowest BCUT2D eigenvalue weighted by Gasteiger charge is -2.01. The van der Waals surface area contributed by atoms with Crippen LogP contribution in [-0.2, 0) is 0 Å². The van der Waals surface area contributed by atoms with Gasteiger partial charge in [0.15, 0.2) is 0 Å². The first-order chi connectivity index (χ1) is 6.77. The van der Waals surface area contributed by atoms with Crippen molar-refractivity contribution in [2.24, 2.45) is 4.99 Å². The Morgan fingerprint density at radius 2 is 1.93 bits per heavy atom. The molecular formula is C13H15N. The first kappa shape index (κ1) is 10.5. The number of aryl methyl sites for hydroxylation is 1. The first-order valence-corrected chi connectivity index (χ1v) is 4.60. The fourth-order valence-corrected chi connectivity index (χ4v) is 1.23. The minimum Gasteiger partial charge on any atom is -0.296 e. The molecule has 0 N–H and O–H groups in total. The zero-order valence-electron chi connectivity index (χ0n) is 8.70. The van der Waals surface area contributed by atoms with Gasteiger partial charge in [-0.3, -0.25) is 4.99 Å². The number of aliphatic imine (C=N–C) groups is 1. The van der Waals surface area contributed by atoms with E-state index in [1.807, 2.05) is 12.3 Å². The van der Waals surface area contributed by atoms with Gasteiger partial charge in [0, 0.05) is 13.3 Å². The molecule has 1 rings (SSSR count). The molecule has 0 unspecified atom stereocenters. The molecule has 1 heteroatoms. The second-order valence-electron chi connectivity index (χ2n) is 3.11. The highest BCUT2D eigenvalue weighted by molar-refractivity contribution is 6.10. The van der Waals surface area contributed by atoms with Gasteiger partial charge in [-0.25, -0.2) is 0 Å². The molecule has 0 fully saturated rings. The average Bonchev–Trinajstić information content (AvgIpc) is 2.19. The molecular weight excluding hydrogens is 170 g/mol. The maximum absolute atomic E-state index is 4.01.